The zero-order chi connectivity index (χ0) is 25.2. The van der Waals surface area contributed by atoms with Gasteiger partial charge in [-0.25, -0.2) is 13.4 Å². The second kappa shape index (κ2) is 12.2. The van der Waals surface area contributed by atoms with E-state index in [0.29, 0.717) is 42.8 Å². The Hall–Kier alpha value is -1.69. The van der Waals surface area contributed by atoms with E-state index in [2.05, 4.69) is 6.92 Å². The van der Waals surface area contributed by atoms with Crippen molar-refractivity contribution in [3.05, 3.63) is 48.0 Å². The second-order valence-corrected chi connectivity index (χ2v) is 13.0. The van der Waals surface area contributed by atoms with Gasteiger partial charge in [0.2, 0.25) is 10.0 Å². The van der Waals surface area contributed by atoms with Gasteiger partial charge in [-0.2, -0.15) is 4.31 Å². The number of para-hydroxylation sites is 1. The number of amides is 1. The highest BCUT2D eigenvalue weighted by molar-refractivity contribution is 7.98. The Bertz CT molecular complexity index is 1300. The highest BCUT2D eigenvalue weighted by Gasteiger charge is 2.29. The quantitative estimate of drug-likeness (QED) is 0.353. The first-order chi connectivity index (χ1) is 16.7. The molecule has 1 aliphatic heterocycles. The highest BCUT2D eigenvalue weighted by Crippen LogP contribution is 2.34. The third-order valence-electron chi connectivity index (χ3n) is 6.20. The van der Waals surface area contributed by atoms with E-state index in [1.54, 1.807) is 45.2 Å². The van der Waals surface area contributed by atoms with Crippen molar-refractivity contribution >= 4 is 66.8 Å². The van der Waals surface area contributed by atoms with Crippen molar-refractivity contribution in [1.82, 2.24) is 14.2 Å². The van der Waals surface area contributed by atoms with Crippen LogP contribution in [0.15, 0.2) is 52.3 Å². The summed E-state index contributed by atoms with van der Waals surface area (Å²) in [6.45, 7) is 4.32. The van der Waals surface area contributed by atoms with Gasteiger partial charge in [-0.15, -0.1) is 24.2 Å². The highest BCUT2D eigenvalue weighted by atomic mass is 35.5. The first kappa shape index (κ1) is 28.9. The first-order valence-corrected chi connectivity index (χ1v) is 15.2. The number of thioether (sulfide) groups is 1. The van der Waals surface area contributed by atoms with Crippen LogP contribution in [0.2, 0.25) is 0 Å². The van der Waals surface area contributed by atoms with Crippen LogP contribution in [-0.2, 0) is 10.0 Å². The molecular formula is C25H33ClN4O3S3. The average Bonchev–Trinajstić information content (AvgIpc) is 3.28. The van der Waals surface area contributed by atoms with Gasteiger partial charge in [0.1, 0.15) is 0 Å². The van der Waals surface area contributed by atoms with E-state index in [0.717, 1.165) is 28.0 Å². The van der Waals surface area contributed by atoms with Crippen molar-refractivity contribution < 1.29 is 13.2 Å². The van der Waals surface area contributed by atoms with Crippen LogP contribution in [0.4, 0.5) is 5.13 Å². The lowest BCUT2D eigenvalue weighted by molar-refractivity contribution is 0.0985. The van der Waals surface area contributed by atoms with Crippen LogP contribution in [0.3, 0.4) is 0 Å². The summed E-state index contributed by atoms with van der Waals surface area (Å²) in [5, 5.41) is 0.646. The zero-order valence-electron chi connectivity index (χ0n) is 21.0. The van der Waals surface area contributed by atoms with Crippen molar-refractivity contribution in [3.8, 4) is 0 Å². The third kappa shape index (κ3) is 6.23. The molecule has 196 valence electrons. The molecule has 0 radical (unpaired) electrons. The topological polar surface area (TPSA) is 73.8 Å². The predicted molar refractivity (Wildman–Crippen MR) is 152 cm³/mol. The lowest BCUT2D eigenvalue weighted by atomic mass is 10.0. The molecule has 11 heteroatoms. The van der Waals surface area contributed by atoms with Crippen LogP contribution in [0.25, 0.3) is 10.2 Å². The minimum absolute atomic E-state index is 0. The summed E-state index contributed by atoms with van der Waals surface area (Å²) in [4.78, 5) is 23.4. The van der Waals surface area contributed by atoms with E-state index in [1.165, 1.54) is 11.3 Å². The largest absolute Gasteiger partial charge is 0.308 e. The number of rotatable bonds is 8. The predicted octanol–water partition coefficient (Wildman–Crippen LogP) is 5.07. The number of hydrogen-bond acceptors (Lipinski definition) is 7. The molecule has 1 fully saturated rings. The molecule has 2 heterocycles. The van der Waals surface area contributed by atoms with Crippen molar-refractivity contribution in [1.29, 1.82) is 0 Å². The maximum Gasteiger partial charge on any atom is 0.260 e. The molecule has 1 aromatic heterocycles. The van der Waals surface area contributed by atoms with Crippen molar-refractivity contribution in [2.45, 2.75) is 29.6 Å². The molecule has 0 bridgehead atoms. The minimum Gasteiger partial charge on any atom is -0.308 e. The molecule has 0 spiro atoms. The van der Waals surface area contributed by atoms with Gasteiger partial charge < -0.3 is 4.90 Å². The van der Waals surface area contributed by atoms with Crippen LogP contribution in [-0.4, -0.2) is 75.0 Å². The van der Waals surface area contributed by atoms with E-state index in [4.69, 9.17) is 4.98 Å². The molecule has 7 nitrogen and oxygen atoms in total. The van der Waals surface area contributed by atoms with Crippen LogP contribution < -0.4 is 4.90 Å². The third-order valence-corrected chi connectivity index (χ3v) is 9.89. The molecule has 1 unspecified atom stereocenters. The van der Waals surface area contributed by atoms with Gasteiger partial charge >= 0.3 is 0 Å². The number of sulfonamides is 1. The smallest absolute Gasteiger partial charge is 0.260 e. The van der Waals surface area contributed by atoms with Gasteiger partial charge in [-0.05, 0) is 75.5 Å². The number of likely N-dealkylation sites (N-methyl/N-ethyl adjacent to an activating group) is 1. The summed E-state index contributed by atoms with van der Waals surface area (Å²) in [6.07, 6.45) is 3.94. The maximum atomic E-state index is 13.6. The molecule has 0 aliphatic carbocycles. The Morgan fingerprint density at radius 1 is 1.17 bits per heavy atom. The van der Waals surface area contributed by atoms with E-state index < -0.39 is 10.0 Å². The Morgan fingerprint density at radius 3 is 2.53 bits per heavy atom. The van der Waals surface area contributed by atoms with E-state index in [9.17, 15) is 13.2 Å². The van der Waals surface area contributed by atoms with Gasteiger partial charge in [0.25, 0.3) is 5.91 Å². The average molecular weight is 569 g/mol. The normalized spacial score (nSPS) is 16.8. The van der Waals surface area contributed by atoms with E-state index >= 15 is 0 Å². The molecule has 1 atom stereocenters. The molecule has 1 amide bonds. The number of halogens is 1. The number of fused-ring (bicyclic) bond motifs is 1. The first-order valence-electron chi connectivity index (χ1n) is 11.7. The molecule has 0 saturated carbocycles. The van der Waals surface area contributed by atoms with Gasteiger partial charge in [0.05, 0.1) is 15.1 Å². The van der Waals surface area contributed by atoms with Gasteiger partial charge in [0.15, 0.2) is 5.13 Å². The standard InChI is InChI=1S/C25H32N4O3S3.ClH/c1-18-7-6-14-28(17-18)35(31,32)20-12-10-19(11-13-20)24(30)29(16-15-27(2)3)25-26-23-21(33-4)8-5-9-22(23)34-25;/h5,8-13,18H,6-7,14-17H2,1-4H3;1H. The Morgan fingerprint density at radius 2 is 1.89 bits per heavy atom. The number of nitrogens with zero attached hydrogens (tertiary/aromatic N) is 4. The van der Waals surface area contributed by atoms with Crippen molar-refractivity contribution in [3.63, 3.8) is 0 Å². The van der Waals surface area contributed by atoms with E-state index in [1.807, 2.05) is 43.5 Å². The van der Waals surface area contributed by atoms with Crippen molar-refractivity contribution in [2.75, 3.05) is 51.4 Å². The Kier molecular flexibility index (Phi) is 9.81. The fraction of sp³-hybridized carbons (Fsp3) is 0.440. The minimum atomic E-state index is -3.57. The van der Waals surface area contributed by atoms with Crippen LogP contribution in [0, 0.1) is 5.92 Å². The van der Waals surface area contributed by atoms with Gasteiger partial charge in [0, 0.05) is 36.6 Å². The van der Waals surface area contributed by atoms with Crippen LogP contribution in [0.5, 0.6) is 0 Å². The molecule has 1 aliphatic rings. The Labute approximate surface area is 228 Å². The molecule has 3 aromatic rings. The number of benzene rings is 2. The molecular weight excluding hydrogens is 536 g/mol. The maximum absolute atomic E-state index is 13.6. The SMILES string of the molecule is CSc1cccc2sc(N(CCN(C)C)C(=O)c3ccc(S(=O)(=O)N4CCCC(C)C4)cc3)nc12.Cl. The van der Waals surface area contributed by atoms with E-state index in [-0.39, 0.29) is 23.2 Å². The lowest BCUT2D eigenvalue weighted by Crippen LogP contribution is -2.39. The summed E-state index contributed by atoms with van der Waals surface area (Å²) in [5.41, 5.74) is 1.35. The van der Waals surface area contributed by atoms with Gasteiger partial charge in [-0.1, -0.05) is 24.3 Å². The van der Waals surface area contributed by atoms with Crippen LogP contribution in [0.1, 0.15) is 30.1 Å². The number of thiazole rings is 1. The number of aromatic nitrogens is 1. The monoisotopic (exact) mass is 568 g/mol. The Balaban J connectivity index is 0.00000361. The number of carbonyl (C=O) groups is 1. The summed E-state index contributed by atoms with van der Waals surface area (Å²) in [6, 6.07) is 12.4. The molecule has 0 N–H and O–H groups in total. The lowest BCUT2D eigenvalue weighted by Gasteiger charge is -2.30. The molecule has 2 aromatic carbocycles. The number of hydrogen-bond donors (Lipinski definition) is 0. The van der Waals surface area contributed by atoms with Crippen LogP contribution >= 0.6 is 35.5 Å². The summed E-state index contributed by atoms with van der Waals surface area (Å²) in [5.74, 6) is 0.164. The molecule has 36 heavy (non-hydrogen) atoms. The number of anilines is 1. The number of piperidine rings is 1. The van der Waals surface area contributed by atoms with Gasteiger partial charge in [-0.3, -0.25) is 9.69 Å². The number of carbonyl (C=O) groups excluding carboxylic acids is 1. The van der Waals surface area contributed by atoms with Crippen molar-refractivity contribution in [2.24, 2.45) is 5.92 Å². The summed E-state index contributed by atoms with van der Waals surface area (Å²) in [7, 11) is 0.365. The summed E-state index contributed by atoms with van der Waals surface area (Å²) >= 11 is 3.13. The fourth-order valence-corrected chi connectivity index (χ4v) is 7.46. The molecule has 1 saturated heterocycles. The molecule has 4 rings (SSSR count). The zero-order valence-corrected chi connectivity index (χ0v) is 24.3. The summed E-state index contributed by atoms with van der Waals surface area (Å²) < 4.78 is 28.8. The second-order valence-electron chi connectivity index (χ2n) is 9.20. The fourth-order valence-electron chi connectivity index (χ4n) is 4.21.